The number of sulfone groups is 1. The Morgan fingerprint density at radius 1 is 1.12 bits per heavy atom. The highest BCUT2D eigenvalue weighted by Gasteiger charge is 2.24. The van der Waals surface area contributed by atoms with Crippen LogP contribution in [-0.2, 0) is 9.84 Å². The monoisotopic (exact) mass is 468 g/mol. The van der Waals surface area contributed by atoms with Gasteiger partial charge in [0.15, 0.2) is 15.7 Å². The number of piperidine rings is 1. The average molecular weight is 469 g/mol. The van der Waals surface area contributed by atoms with Crippen LogP contribution < -0.4 is 5.73 Å². The van der Waals surface area contributed by atoms with Gasteiger partial charge in [-0.2, -0.15) is 0 Å². The molecule has 0 bridgehead atoms. The lowest BCUT2D eigenvalue weighted by Crippen LogP contribution is -2.43. The van der Waals surface area contributed by atoms with E-state index in [1.165, 1.54) is 11.8 Å². The van der Waals surface area contributed by atoms with Crippen LogP contribution >= 0.6 is 0 Å². The van der Waals surface area contributed by atoms with Gasteiger partial charge in [0.2, 0.25) is 0 Å². The van der Waals surface area contributed by atoms with Gasteiger partial charge in [-0.15, -0.1) is 5.10 Å². The topological polar surface area (TPSA) is 118 Å². The van der Waals surface area contributed by atoms with Gasteiger partial charge in [-0.1, -0.05) is 50.2 Å². The molecule has 9 heteroatoms. The summed E-state index contributed by atoms with van der Waals surface area (Å²) in [4.78, 5) is 2.68. The summed E-state index contributed by atoms with van der Waals surface area (Å²) in [6.45, 7) is 7.43. The lowest BCUT2D eigenvalue weighted by atomic mass is 9.87. The van der Waals surface area contributed by atoms with Crippen molar-refractivity contribution in [3.05, 3.63) is 48.0 Å². The van der Waals surface area contributed by atoms with Crippen molar-refractivity contribution >= 4 is 9.84 Å². The summed E-state index contributed by atoms with van der Waals surface area (Å²) in [6.07, 6.45) is 3.42. The first kappa shape index (κ1) is 23.5. The number of likely N-dealkylation sites (tertiary alicyclic amines) is 1. The molecule has 3 aromatic rings. The van der Waals surface area contributed by atoms with Gasteiger partial charge in [-0.3, -0.25) is 0 Å². The van der Waals surface area contributed by atoms with Gasteiger partial charge < -0.3 is 10.6 Å². The number of aromatic nitrogens is 4. The maximum absolute atomic E-state index is 12.4. The summed E-state index contributed by atoms with van der Waals surface area (Å²) in [5.74, 6) is 1.35. The van der Waals surface area contributed by atoms with Gasteiger partial charge in [0.05, 0.1) is 4.90 Å². The summed E-state index contributed by atoms with van der Waals surface area (Å²) in [5, 5.41) is 14.0. The molecular weight excluding hydrogens is 436 g/mol. The highest BCUT2D eigenvalue weighted by Crippen LogP contribution is 2.36. The standard InChI is InChI=1S/C24H32N6O2S/c1-16(2)21(25)15-30-13-11-18(12-14-30)17-7-9-19(10-8-17)20-5-4-6-22(33(3,31)32)23(20)24-26-28-29-27-24/h4-10,16,18,21H,11-15,25H2,1-3H3,(H,26,27,28,29)/t21-/m1/s1. The number of benzene rings is 2. The molecule has 0 radical (unpaired) electrons. The molecule has 176 valence electrons. The largest absolute Gasteiger partial charge is 0.326 e. The molecule has 1 aliphatic rings. The average Bonchev–Trinajstić information content (AvgIpc) is 3.33. The van der Waals surface area contributed by atoms with Crippen molar-refractivity contribution in [3.8, 4) is 22.5 Å². The molecule has 0 amide bonds. The van der Waals surface area contributed by atoms with E-state index >= 15 is 0 Å². The molecule has 1 aliphatic heterocycles. The van der Waals surface area contributed by atoms with Crippen molar-refractivity contribution in [3.63, 3.8) is 0 Å². The fourth-order valence-corrected chi connectivity index (χ4v) is 5.39. The minimum Gasteiger partial charge on any atom is -0.326 e. The number of nitrogens with zero attached hydrogens (tertiary/aromatic N) is 4. The Morgan fingerprint density at radius 2 is 1.82 bits per heavy atom. The molecule has 1 saturated heterocycles. The molecule has 1 atom stereocenters. The summed E-state index contributed by atoms with van der Waals surface area (Å²) < 4.78 is 24.9. The number of nitrogens with one attached hydrogen (secondary N) is 1. The molecule has 0 unspecified atom stereocenters. The number of hydrogen-bond donors (Lipinski definition) is 2. The Kier molecular flexibility index (Phi) is 6.92. The highest BCUT2D eigenvalue weighted by atomic mass is 32.2. The summed E-state index contributed by atoms with van der Waals surface area (Å²) in [6, 6.07) is 13.9. The summed E-state index contributed by atoms with van der Waals surface area (Å²) in [5.41, 5.74) is 9.77. The molecule has 1 aromatic heterocycles. The molecule has 4 rings (SSSR count). The quantitative estimate of drug-likeness (QED) is 0.547. The number of tetrazole rings is 1. The Labute approximate surface area is 195 Å². The molecule has 3 N–H and O–H groups in total. The minimum atomic E-state index is -3.46. The van der Waals surface area contributed by atoms with Gasteiger partial charge in [-0.05, 0) is 71.0 Å². The van der Waals surface area contributed by atoms with Gasteiger partial charge in [0, 0.05) is 24.4 Å². The van der Waals surface area contributed by atoms with E-state index in [2.05, 4.69) is 63.6 Å². The van der Waals surface area contributed by atoms with E-state index in [1.807, 2.05) is 6.07 Å². The summed E-state index contributed by atoms with van der Waals surface area (Å²) in [7, 11) is -3.46. The molecule has 33 heavy (non-hydrogen) atoms. The van der Waals surface area contributed by atoms with E-state index in [4.69, 9.17) is 5.73 Å². The van der Waals surface area contributed by atoms with Crippen LogP contribution in [0.3, 0.4) is 0 Å². The van der Waals surface area contributed by atoms with Crippen LogP contribution in [0.5, 0.6) is 0 Å². The number of H-pyrrole nitrogens is 1. The first-order chi connectivity index (χ1) is 15.7. The number of rotatable bonds is 7. The van der Waals surface area contributed by atoms with E-state index in [0.29, 0.717) is 23.2 Å². The minimum absolute atomic E-state index is 0.203. The van der Waals surface area contributed by atoms with Crippen molar-refractivity contribution in [1.82, 2.24) is 25.5 Å². The molecule has 8 nitrogen and oxygen atoms in total. The second-order valence-electron chi connectivity index (χ2n) is 9.31. The number of aromatic amines is 1. The second kappa shape index (κ2) is 9.70. The predicted octanol–water partition coefficient (Wildman–Crippen LogP) is 3.10. The van der Waals surface area contributed by atoms with E-state index < -0.39 is 9.84 Å². The first-order valence-electron chi connectivity index (χ1n) is 11.4. The Morgan fingerprint density at radius 3 is 2.39 bits per heavy atom. The zero-order chi connectivity index (χ0) is 23.6. The zero-order valence-electron chi connectivity index (χ0n) is 19.4. The van der Waals surface area contributed by atoms with Crippen LogP contribution in [0.1, 0.15) is 38.2 Å². The van der Waals surface area contributed by atoms with Crippen LogP contribution in [0.4, 0.5) is 0 Å². The normalized spacial score (nSPS) is 16.9. The van der Waals surface area contributed by atoms with Crippen molar-refractivity contribution in [2.24, 2.45) is 11.7 Å². The highest BCUT2D eigenvalue weighted by molar-refractivity contribution is 7.90. The van der Waals surface area contributed by atoms with Crippen molar-refractivity contribution in [1.29, 1.82) is 0 Å². The molecule has 0 saturated carbocycles. The third kappa shape index (κ3) is 5.31. The second-order valence-corrected chi connectivity index (χ2v) is 11.3. The van der Waals surface area contributed by atoms with Crippen molar-refractivity contribution in [2.75, 3.05) is 25.9 Å². The summed E-state index contributed by atoms with van der Waals surface area (Å²) >= 11 is 0. The lowest BCUT2D eigenvalue weighted by molar-refractivity contribution is 0.189. The van der Waals surface area contributed by atoms with Crippen molar-refractivity contribution in [2.45, 2.75) is 43.5 Å². The third-order valence-corrected chi connectivity index (χ3v) is 7.75. The van der Waals surface area contributed by atoms with Crippen LogP contribution in [0.2, 0.25) is 0 Å². The van der Waals surface area contributed by atoms with Crippen LogP contribution in [0.15, 0.2) is 47.4 Å². The van der Waals surface area contributed by atoms with E-state index in [1.54, 1.807) is 12.1 Å². The fraction of sp³-hybridized carbons (Fsp3) is 0.458. The molecule has 0 aliphatic carbocycles. The van der Waals surface area contributed by atoms with Crippen LogP contribution in [0, 0.1) is 5.92 Å². The van der Waals surface area contributed by atoms with E-state index in [9.17, 15) is 8.42 Å². The maximum atomic E-state index is 12.4. The van der Waals surface area contributed by atoms with Crippen molar-refractivity contribution < 1.29 is 8.42 Å². The predicted molar refractivity (Wildman–Crippen MR) is 129 cm³/mol. The molecule has 2 aromatic carbocycles. The van der Waals surface area contributed by atoms with E-state index in [-0.39, 0.29) is 10.9 Å². The molecule has 0 spiro atoms. The van der Waals surface area contributed by atoms with Gasteiger partial charge >= 0.3 is 0 Å². The molecular formula is C24H32N6O2S. The number of hydrogen-bond acceptors (Lipinski definition) is 7. The van der Waals surface area contributed by atoms with E-state index in [0.717, 1.165) is 43.6 Å². The fourth-order valence-electron chi connectivity index (χ4n) is 4.48. The Hall–Kier alpha value is -2.62. The SMILES string of the molecule is CC(C)[C@H](N)CN1CCC(c2ccc(-c3cccc(S(C)(=O)=O)c3-c3nnn[nH]3)cc2)CC1. The molecule has 1 fully saturated rings. The number of nitrogens with two attached hydrogens (primary N) is 1. The van der Waals surface area contributed by atoms with Crippen LogP contribution in [-0.4, -0.2) is 65.9 Å². The molecule has 2 heterocycles. The van der Waals surface area contributed by atoms with Gasteiger partial charge in [0.1, 0.15) is 0 Å². The maximum Gasteiger partial charge on any atom is 0.181 e. The Balaban J connectivity index is 1.55. The lowest BCUT2D eigenvalue weighted by Gasteiger charge is -2.34. The Bertz CT molecular complexity index is 1170. The smallest absolute Gasteiger partial charge is 0.181 e. The van der Waals surface area contributed by atoms with Gasteiger partial charge in [0.25, 0.3) is 0 Å². The van der Waals surface area contributed by atoms with Gasteiger partial charge in [-0.25, -0.2) is 13.5 Å². The zero-order valence-corrected chi connectivity index (χ0v) is 20.2. The first-order valence-corrected chi connectivity index (χ1v) is 13.3. The van der Waals surface area contributed by atoms with Crippen LogP contribution in [0.25, 0.3) is 22.5 Å². The third-order valence-electron chi connectivity index (χ3n) is 6.61.